The maximum Gasteiger partial charge on any atom is 0.416 e. The highest BCUT2D eigenvalue weighted by atomic mass is 35.5. The van der Waals surface area contributed by atoms with Crippen molar-refractivity contribution in [3.05, 3.63) is 76.4 Å². The Morgan fingerprint density at radius 2 is 1.54 bits per heavy atom. The van der Waals surface area contributed by atoms with Crippen LogP contribution in [-0.4, -0.2) is 35.2 Å². The van der Waals surface area contributed by atoms with Gasteiger partial charge >= 0.3 is 12.4 Å². The first kappa shape index (κ1) is 30.6. The average Bonchev–Trinajstić information content (AvgIpc) is 3.30. The van der Waals surface area contributed by atoms with Crippen LogP contribution in [-0.2, 0) is 22.6 Å². The molecule has 41 heavy (non-hydrogen) atoms. The summed E-state index contributed by atoms with van der Waals surface area (Å²) in [4.78, 5) is 19.3. The van der Waals surface area contributed by atoms with Gasteiger partial charge < -0.3 is 15.3 Å². The van der Waals surface area contributed by atoms with E-state index in [0.717, 1.165) is 17.7 Å². The molecule has 220 valence electrons. The number of aliphatic hydroxyl groups excluding tert-OH is 1. The molecule has 0 saturated heterocycles. The van der Waals surface area contributed by atoms with E-state index in [0.29, 0.717) is 40.5 Å². The highest BCUT2D eigenvalue weighted by Crippen LogP contribution is 2.41. The van der Waals surface area contributed by atoms with Crippen LogP contribution in [0.1, 0.15) is 49.8 Å². The minimum Gasteiger partial charge on any atom is -0.391 e. The van der Waals surface area contributed by atoms with Crippen molar-refractivity contribution in [3.8, 4) is 11.1 Å². The van der Waals surface area contributed by atoms with Crippen LogP contribution in [0.5, 0.6) is 0 Å². The number of amides is 1. The molecule has 1 aliphatic carbocycles. The Morgan fingerprint density at radius 3 is 2.07 bits per heavy atom. The largest absolute Gasteiger partial charge is 0.416 e. The second-order valence-corrected chi connectivity index (χ2v) is 11.0. The number of hydrogen-bond donors (Lipinski definition) is 2. The molecule has 0 aliphatic heterocycles. The van der Waals surface area contributed by atoms with E-state index < -0.39 is 46.5 Å². The van der Waals surface area contributed by atoms with E-state index in [2.05, 4.69) is 10.3 Å². The van der Waals surface area contributed by atoms with Crippen LogP contribution in [0.3, 0.4) is 0 Å². The first-order chi connectivity index (χ1) is 19.0. The third-order valence-electron chi connectivity index (χ3n) is 7.37. The van der Waals surface area contributed by atoms with Crippen molar-refractivity contribution in [1.29, 1.82) is 0 Å². The van der Waals surface area contributed by atoms with Crippen LogP contribution in [0, 0.1) is 0 Å². The summed E-state index contributed by atoms with van der Waals surface area (Å²) in [5.41, 5.74) is -4.06. The summed E-state index contributed by atoms with van der Waals surface area (Å²) in [7, 11) is 1.37. The number of carbonyl (C=O) groups is 1. The zero-order valence-corrected chi connectivity index (χ0v) is 23.1. The van der Waals surface area contributed by atoms with Crippen molar-refractivity contribution in [2.75, 3.05) is 17.3 Å². The van der Waals surface area contributed by atoms with Gasteiger partial charge in [-0.1, -0.05) is 29.8 Å². The minimum absolute atomic E-state index is 0.0280. The van der Waals surface area contributed by atoms with Crippen molar-refractivity contribution in [3.63, 3.8) is 0 Å². The normalized spacial score (nSPS) is 17.9. The summed E-state index contributed by atoms with van der Waals surface area (Å²) in [6.07, 6.45) is -7.08. The molecule has 2 aromatic carbocycles. The Hall–Kier alpha value is -3.31. The van der Waals surface area contributed by atoms with Gasteiger partial charge in [0, 0.05) is 23.2 Å². The summed E-state index contributed by atoms with van der Waals surface area (Å²) in [5.74, 6) is -0.366. The Balaban J connectivity index is 1.78. The number of anilines is 2. The van der Waals surface area contributed by atoms with Crippen molar-refractivity contribution in [2.24, 2.45) is 0 Å². The molecule has 1 fully saturated rings. The summed E-state index contributed by atoms with van der Waals surface area (Å²) < 4.78 is 81.2. The molecule has 2 atom stereocenters. The average molecular weight is 600 g/mol. The zero-order valence-electron chi connectivity index (χ0n) is 22.4. The standard InChI is InChI=1S/C29H28ClF6N3O2/c1-27(2,16-11-17(28(31,32)33)13-18(12-16)29(34,35)36)26(41)39(3)23-15-37-25(38-22-9-6-10-24(22)40)14-20(23)19-7-4-5-8-21(19)30/h4-5,7-8,11-15,22,24,40H,6,9-10H2,1-3H3,(H,37,38)/t22-,24-/m0/s1. The SMILES string of the molecule is CN(C(=O)C(C)(C)c1cc(C(F)(F)F)cc(C(F)(F)F)c1)c1cnc(N[C@H]2CCC[C@@H]2O)cc1-c1ccccc1Cl. The van der Waals surface area contributed by atoms with Crippen LogP contribution in [0.4, 0.5) is 37.8 Å². The molecule has 1 amide bonds. The number of nitrogens with one attached hydrogen (secondary N) is 1. The van der Waals surface area contributed by atoms with Gasteiger partial charge in [0.15, 0.2) is 0 Å². The number of rotatable bonds is 6. The fourth-order valence-corrected chi connectivity index (χ4v) is 5.19. The van der Waals surface area contributed by atoms with Gasteiger partial charge in [-0.3, -0.25) is 4.79 Å². The summed E-state index contributed by atoms with van der Waals surface area (Å²) >= 11 is 6.47. The first-order valence-electron chi connectivity index (χ1n) is 12.8. The molecule has 12 heteroatoms. The van der Waals surface area contributed by atoms with Crippen molar-refractivity contribution in [2.45, 2.75) is 63.0 Å². The lowest BCUT2D eigenvalue weighted by Gasteiger charge is -2.32. The molecule has 0 radical (unpaired) electrons. The van der Waals surface area contributed by atoms with E-state index in [9.17, 15) is 36.2 Å². The van der Waals surface area contributed by atoms with Crippen LogP contribution in [0.2, 0.25) is 5.02 Å². The fourth-order valence-electron chi connectivity index (χ4n) is 4.96. The number of likely N-dealkylation sites (N-methyl/N-ethyl adjacent to an activating group) is 1. The van der Waals surface area contributed by atoms with Crippen LogP contribution >= 0.6 is 11.6 Å². The van der Waals surface area contributed by atoms with Gasteiger partial charge in [-0.05, 0) is 69.0 Å². The van der Waals surface area contributed by atoms with Crippen LogP contribution in [0.15, 0.2) is 54.7 Å². The topological polar surface area (TPSA) is 65.5 Å². The van der Waals surface area contributed by atoms with Gasteiger partial charge in [-0.15, -0.1) is 0 Å². The van der Waals surface area contributed by atoms with E-state index in [1.165, 1.54) is 27.1 Å². The van der Waals surface area contributed by atoms with Crippen LogP contribution < -0.4 is 10.2 Å². The van der Waals surface area contributed by atoms with Gasteiger partial charge in [0.05, 0.1) is 40.6 Å². The molecule has 0 bridgehead atoms. The van der Waals surface area contributed by atoms with E-state index in [1.54, 1.807) is 30.3 Å². The van der Waals surface area contributed by atoms with Gasteiger partial charge in [-0.2, -0.15) is 26.3 Å². The molecule has 1 saturated carbocycles. The van der Waals surface area contributed by atoms with E-state index in [-0.39, 0.29) is 17.8 Å². The highest BCUT2D eigenvalue weighted by molar-refractivity contribution is 6.33. The predicted octanol–water partition coefficient (Wildman–Crippen LogP) is 7.71. The number of halogens is 7. The molecule has 1 heterocycles. The number of aliphatic hydroxyl groups is 1. The van der Waals surface area contributed by atoms with E-state index in [4.69, 9.17) is 11.6 Å². The lowest BCUT2D eigenvalue weighted by molar-refractivity contribution is -0.143. The zero-order chi connectivity index (χ0) is 30.3. The van der Waals surface area contributed by atoms with Gasteiger partial charge in [0.2, 0.25) is 5.91 Å². The molecule has 3 aromatic rings. The predicted molar refractivity (Wildman–Crippen MR) is 145 cm³/mol. The lowest BCUT2D eigenvalue weighted by Crippen LogP contribution is -2.42. The summed E-state index contributed by atoms with van der Waals surface area (Å²) in [6, 6.07) is 9.36. The Morgan fingerprint density at radius 1 is 0.951 bits per heavy atom. The van der Waals surface area contributed by atoms with E-state index in [1.807, 2.05) is 0 Å². The number of pyridine rings is 1. The van der Waals surface area contributed by atoms with Gasteiger partial charge in [0.25, 0.3) is 0 Å². The number of benzene rings is 2. The molecule has 0 unspecified atom stereocenters. The maximum atomic E-state index is 13.8. The number of carbonyl (C=O) groups excluding carboxylic acids is 1. The van der Waals surface area contributed by atoms with Gasteiger partial charge in [0.1, 0.15) is 5.82 Å². The molecular formula is C29H28ClF6N3O2. The van der Waals surface area contributed by atoms with Crippen molar-refractivity contribution >= 4 is 29.0 Å². The lowest BCUT2D eigenvalue weighted by atomic mass is 9.81. The smallest absolute Gasteiger partial charge is 0.391 e. The monoisotopic (exact) mass is 599 g/mol. The van der Waals surface area contributed by atoms with Gasteiger partial charge in [-0.25, -0.2) is 4.98 Å². The molecule has 2 N–H and O–H groups in total. The summed E-state index contributed by atoms with van der Waals surface area (Å²) in [6.45, 7) is 2.53. The molecule has 1 aromatic heterocycles. The quantitative estimate of drug-likeness (QED) is 0.285. The van der Waals surface area contributed by atoms with Crippen molar-refractivity contribution in [1.82, 2.24) is 4.98 Å². The number of hydrogen-bond acceptors (Lipinski definition) is 4. The van der Waals surface area contributed by atoms with Crippen molar-refractivity contribution < 1.29 is 36.2 Å². The first-order valence-corrected chi connectivity index (χ1v) is 13.2. The molecule has 1 aliphatic rings. The Kier molecular flexibility index (Phi) is 8.35. The maximum absolute atomic E-state index is 13.8. The second-order valence-electron chi connectivity index (χ2n) is 10.6. The fraction of sp³-hybridized carbons (Fsp3) is 0.379. The highest BCUT2D eigenvalue weighted by Gasteiger charge is 2.41. The van der Waals surface area contributed by atoms with Crippen LogP contribution in [0.25, 0.3) is 11.1 Å². The third-order valence-corrected chi connectivity index (χ3v) is 7.70. The number of nitrogens with zero attached hydrogens (tertiary/aromatic N) is 2. The summed E-state index contributed by atoms with van der Waals surface area (Å²) in [5, 5.41) is 13.8. The van der Waals surface area contributed by atoms with E-state index >= 15 is 0 Å². The molecule has 5 nitrogen and oxygen atoms in total. The Bertz CT molecular complexity index is 1410. The molecular weight excluding hydrogens is 572 g/mol. The number of alkyl halides is 6. The second kappa shape index (κ2) is 11.2. The molecule has 4 rings (SSSR count). The minimum atomic E-state index is -5.06. The third kappa shape index (κ3) is 6.46. The Labute approximate surface area is 238 Å². The molecule has 0 spiro atoms. The number of aromatic nitrogens is 1.